The topological polar surface area (TPSA) is 88.3 Å². The van der Waals surface area contributed by atoms with Crippen LogP contribution < -0.4 is 11.1 Å². The van der Waals surface area contributed by atoms with Gasteiger partial charge >= 0.3 is 0 Å². The minimum Gasteiger partial charge on any atom is -0.399 e. The lowest BCUT2D eigenvalue weighted by Crippen LogP contribution is -2.37. The zero-order chi connectivity index (χ0) is 18.1. The van der Waals surface area contributed by atoms with Crippen molar-refractivity contribution >= 4 is 34.0 Å². The van der Waals surface area contributed by atoms with Crippen molar-refractivity contribution in [3.05, 3.63) is 76.8 Å². The van der Waals surface area contributed by atoms with Gasteiger partial charge in [-0.3, -0.25) is 14.9 Å². The number of nitrogen functional groups attached to an aromatic ring is 1. The predicted molar refractivity (Wildman–Crippen MR) is 101 cm³/mol. The zero-order valence-corrected chi connectivity index (χ0v) is 14.6. The molecule has 26 heavy (non-hydrogen) atoms. The van der Waals surface area contributed by atoms with E-state index in [1.165, 1.54) is 11.3 Å². The van der Waals surface area contributed by atoms with Crippen molar-refractivity contribution in [2.24, 2.45) is 0 Å². The number of anilines is 2. The smallest absolute Gasteiger partial charge is 0.255 e. The highest BCUT2D eigenvalue weighted by Gasteiger charge is 2.37. The Kier molecular flexibility index (Phi) is 4.14. The highest BCUT2D eigenvalue weighted by molar-refractivity contribution is 7.13. The SMILES string of the molecule is Nc1cccc([C@@H](C(=O)Nc2nccs2)N2Cc3ccccc3C2=O)c1. The molecule has 3 N–H and O–H groups in total. The van der Waals surface area contributed by atoms with Gasteiger partial charge in [-0.15, -0.1) is 11.3 Å². The number of aromatic nitrogens is 1. The van der Waals surface area contributed by atoms with E-state index >= 15 is 0 Å². The summed E-state index contributed by atoms with van der Waals surface area (Å²) in [7, 11) is 0. The second-order valence-electron chi connectivity index (χ2n) is 5.99. The first-order chi connectivity index (χ1) is 12.6. The van der Waals surface area contributed by atoms with E-state index in [1.807, 2.05) is 18.2 Å². The summed E-state index contributed by atoms with van der Waals surface area (Å²) in [6, 6.07) is 13.7. The third-order valence-corrected chi connectivity index (χ3v) is 4.99. The Labute approximate surface area is 154 Å². The fourth-order valence-electron chi connectivity index (χ4n) is 3.15. The van der Waals surface area contributed by atoms with Crippen LogP contribution in [0.2, 0.25) is 0 Å². The summed E-state index contributed by atoms with van der Waals surface area (Å²) in [6.45, 7) is 0.375. The molecular weight excluding hydrogens is 348 g/mol. The molecular formula is C19H16N4O2S. The molecule has 1 aliphatic rings. The van der Waals surface area contributed by atoms with Gasteiger partial charge in [0.1, 0.15) is 6.04 Å². The van der Waals surface area contributed by atoms with Crippen molar-refractivity contribution < 1.29 is 9.59 Å². The zero-order valence-electron chi connectivity index (χ0n) is 13.8. The molecule has 2 heterocycles. The van der Waals surface area contributed by atoms with Gasteiger partial charge in [0.05, 0.1) is 0 Å². The normalized spacial score (nSPS) is 14.2. The number of thiazole rings is 1. The van der Waals surface area contributed by atoms with Gasteiger partial charge < -0.3 is 10.6 Å². The molecule has 0 unspecified atom stereocenters. The number of hydrogen-bond acceptors (Lipinski definition) is 5. The van der Waals surface area contributed by atoms with Crippen molar-refractivity contribution in [3.8, 4) is 0 Å². The Hall–Kier alpha value is -3.19. The summed E-state index contributed by atoms with van der Waals surface area (Å²) < 4.78 is 0. The third-order valence-electron chi connectivity index (χ3n) is 4.30. The van der Waals surface area contributed by atoms with Gasteiger partial charge in [-0.1, -0.05) is 30.3 Å². The molecule has 0 radical (unpaired) electrons. The molecule has 3 aromatic rings. The number of nitrogens with one attached hydrogen (secondary N) is 1. The van der Waals surface area contributed by atoms with Crippen LogP contribution in [0, 0.1) is 0 Å². The van der Waals surface area contributed by atoms with Crippen LogP contribution in [-0.2, 0) is 11.3 Å². The Morgan fingerprint density at radius 2 is 2.08 bits per heavy atom. The Balaban J connectivity index is 1.72. The van der Waals surface area contributed by atoms with Crippen LogP contribution in [0.25, 0.3) is 0 Å². The van der Waals surface area contributed by atoms with Crippen LogP contribution in [0.3, 0.4) is 0 Å². The van der Waals surface area contributed by atoms with Crippen molar-refractivity contribution in [1.82, 2.24) is 9.88 Å². The van der Waals surface area contributed by atoms with E-state index in [4.69, 9.17) is 5.73 Å². The number of benzene rings is 2. The van der Waals surface area contributed by atoms with Crippen LogP contribution in [0.15, 0.2) is 60.1 Å². The maximum atomic E-state index is 13.0. The predicted octanol–water partition coefficient (Wildman–Crippen LogP) is 3.06. The minimum absolute atomic E-state index is 0.165. The molecule has 2 aromatic carbocycles. The summed E-state index contributed by atoms with van der Waals surface area (Å²) in [5.74, 6) is -0.478. The minimum atomic E-state index is -0.790. The average molecular weight is 364 g/mol. The van der Waals surface area contributed by atoms with Gasteiger partial charge in [0.25, 0.3) is 11.8 Å². The standard InChI is InChI=1S/C19H16N4O2S/c20-14-6-3-5-12(10-14)16(17(24)22-19-21-8-9-26-19)23-11-13-4-1-2-7-15(13)18(23)25/h1-10,16H,11,20H2,(H,21,22,24)/t16-/m0/s1. The Morgan fingerprint density at radius 3 is 2.81 bits per heavy atom. The van der Waals surface area contributed by atoms with Crippen molar-refractivity contribution in [3.63, 3.8) is 0 Å². The van der Waals surface area contributed by atoms with Crippen molar-refractivity contribution in [1.29, 1.82) is 0 Å². The summed E-state index contributed by atoms with van der Waals surface area (Å²) in [6.07, 6.45) is 1.62. The maximum absolute atomic E-state index is 13.0. The molecule has 0 bridgehead atoms. The van der Waals surface area contributed by atoms with Gasteiger partial charge in [-0.25, -0.2) is 4.98 Å². The fourth-order valence-corrected chi connectivity index (χ4v) is 3.68. The van der Waals surface area contributed by atoms with Gasteiger partial charge in [-0.2, -0.15) is 0 Å². The molecule has 130 valence electrons. The molecule has 0 fully saturated rings. The molecule has 0 spiro atoms. The first-order valence-electron chi connectivity index (χ1n) is 8.08. The molecule has 1 aromatic heterocycles. The molecule has 0 saturated carbocycles. The quantitative estimate of drug-likeness (QED) is 0.697. The number of rotatable bonds is 4. The van der Waals surface area contributed by atoms with Gasteiger partial charge in [0.15, 0.2) is 5.13 Å². The lowest BCUT2D eigenvalue weighted by atomic mass is 10.0. The highest BCUT2D eigenvalue weighted by Crippen LogP contribution is 2.33. The molecule has 0 aliphatic carbocycles. The second kappa shape index (κ2) is 6.61. The second-order valence-corrected chi connectivity index (χ2v) is 6.88. The molecule has 1 aliphatic heterocycles. The van der Waals surface area contributed by atoms with Crippen LogP contribution in [0.1, 0.15) is 27.5 Å². The lowest BCUT2D eigenvalue weighted by Gasteiger charge is -2.27. The van der Waals surface area contributed by atoms with E-state index < -0.39 is 6.04 Å². The number of hydrogen-bond donors (Lipinski definition) is 2. The van der Waals surface area contributed by atoms with Crippen LogP contribution in [0.5, 0.6) is 0 Å². The van der Waals surface area contributed by atoms with E-state index in [2.05, 4.69) is 10.3 Å². The summed E-state index contributed by atoms with van der Waals surface area (Å²) in [5, 5.41) is 5.07. The highest BCUT2D eigenvalue weighted by atomic mass is 32.1. The molecule has 7 heteroatoms. The first kappa shape index (κ1) is 16.3. The van der Waals surface area contributed by atoms with Gasteiger partial charge in [0.2, 0.25) is 0 Å². The summed E-state index contributed by atoms with van der Waals surface area (Å²) in [5.41, 5.74) is 8.65. The van der Waals surface area contributed by atoms with E-state index in [1.54, 1.807) is 46.8 Å². The number of nitrogens with zero attached hydrogens (tertiary/aromatic N) is 2. The summed E-state index contributed by atoms with van der Waals surface area (Å²) >= 11 is 1.33. The largest absolute Gasteiger partial charge is 0.399 e. The number of amides is 2. The first-order valence-corrected chi connectivity index (χ1v) is 8.96. The molecule has 1 atom stereocenters. The summed E-state index contributed by atoms with van der Waals surface area (Å²) in [4.78, 5) is 31.6. The van der Waals surface area contributed by atoms with E-state index in [0.717, 1.165) is 5.56 Å². The Morgan fingerprint density at radius 1 is 1.23 bits per heavy atom. The number of carbonyl (C=O) groups is 2. The number of fused-ring (bicyclic) bond motifs is 1. The molecule has 2 amide bonds. The van der Waals surface area contributed by atoms with Crippen molar-refractivity contribution in [2.75, 3.05) is 11.1 Å². The van der Waals surface area contributed by atoms with Crippen LogP contribution in [-0.4, -0.2) is 21.7 Å². The van der Waals surface area contributed by atoms with Gasteiger partial charge in [0, 0.05) is 29.4 Å². The van der Waals surface area contributed by atoms with Crippen molar-refractivity contribution in [2.45, 2.75) is 12.6 Å². The molecule has 0 saturated heterocycles. The molecule has 4 rings (SSSR count). The number of nitrogens with two attached hydrogens (primary N) is 1. The van der Waals surface area contributed by atoms with Crippen LogP contribution >= 0.6 is 11.3 Å². The van der Waals surface area contributed by atoms with E-state index in [9.17, 15) is 9.59 Å². The Bertz CT molecular complexity index is 971. The fraction of sp³-hybridized carbons (Fsp3) is 0.105. The average Bonchev–Trinajstić information content (AvgIpc) is 3.24. The molecule has 6 nitrogen and oxygen atoms in total. The third kappa shape index (κ3) is 2.93. The van der Waals surface area contributed by atoms with E-state index in [-0.39, 0.29) is 11.8 Å². The van der Waals surface area contributed by atoms with E-state index in [0.29, 0.717) is 28.5 Å². The van der Waals surface area contributed by atoms with Crippen LogP contribution in [0.4, 0.5) is 10.8 Å². The lowest BCUT2D eigenvalue weighted by molar-refractivity contribution is -0.120. The number of carbonyl (C=O) groups excluding carboxylic acids is 2. The maximum Gasteiger partial charge on any atom is 0.255 e. The monoisotopic (exact) mass is 364 g/mol. The van der Waals surface area contributed by atoms with Gasteiger partial charge in [-0.05, 0) is 29.3 Å².